The Balaban J connectivity index is 1.83. The third kappa shape index (κ3) is 4.89. The predicted molar refractivity (Wildman–Crippen MR) is 79.7 cm³/mol. The number of ether oxygens (including phenoxy) is 1. The highest BCUT2D eigenvalue weighted by atomic mass is 19.1. The van der Waals surface area contributed by atoms with Crippen LogP contribution in [0.15, 0.2) is 48.5 Å². The van der Waals surface area contributed by atoms with Gasteiger partial charge in [0.25, 0.3) is 5.91 Å². The van der Waals surface area contributed by atoms with Crippen molar-refractivity contribution in [3.05, 3.63) is 59.9 Å². The average molecular weight is 288 g/mol. The molecule has 0 bridgehead atoms. The lowest BCUT2D eigenvalue weighted by Gasteiger charge is -2.08. The van der Waals surface area contributed by atoms with Crippen molar-refractivity contribution in [1.29, 1.82) is 0 Å². The molecule has 0 spiro atoms. The monoisotopic (exact) mass is 288 g/mol. The largest absolute Gasteiger partial charge is 0.484 e. The zero-order valence-electron chi connectivity index (χ0n) is 11.7. The van der Waals surface area contributed by atoms with Gasteiger partial charge in [-0.3, -0.25) is 4.79 Å². The Morgan fingerprint density at radius 1 is 1.19 bits per heavy atom. The van der Waals surface area contributed by atoms with Crippen molar-refractivity contribution >= 4 is 11.6 Å². The first kappa shape index (κ1) is 15.0. The SMILES string of the molecule is CNCc1ccc(OCC(=O)Nc2cccc(F)c2)cc1. The second-order valence-corrected chi connectivity index (χ2v) is 4.52. The highest BCUT2D eigenvalue weighted by molar-refractivity contribution is 5.91. The van der Waals surface area contributed by atoms with E-state index in [-0.39, 0.29) is 12.5 Å². The third-order valence-corrected chi connectivity index (χ3v) is 2.78. The molecule has 110 valence electrons. The van der Waals surface area contributed by atoms with Gasteiger partial charge in [0.2, 0.25) is 0 Å². The maximum Gasteiger partial charge on any atom is 0.262 e. The first-order valence-electron chi connectivity index (χ1n) is 6.59. The maximum absolute atomic E-state index is 13.0. The molecule has 5 heteroatoms. The van der Waals surface area contributed by atoms with Gasteiger partial charge in [0, 0.05) is 12.2 Å². The molecule has 2 aromatic rings. The molecule has 2 rings (SSSR count). The summed E-state index contributed by atoms with van der Waals surface area (Å²) in [5, 5.41) is 5.62. The number of benzene rings is 2. The Hall–Kier alpha value is -2.40. The van der Waals surface area contributed by atoms with E-state index in [1.807, 2.05) is 31.3 Å². The fraction of sp³-hybridized carbons (Fsp3) is 0.188. The minimum absolute atomic E-state index is 0.123. The van der Waals surface area contributed by atoms with Gasteiger partial charge >= 0.3 is 0 Å². The van der Waals surface area contributed by atoms with Crippen LogP contribution in [0.4, 0.5) is 10.1 Å². The van der Waals surface area contributed by atoms with Crippen molar-refractivity contribution in [1.82, 2.24) is 5.32 Å². The molecule has 0 aliphatic carbocycles. The van der Waals surface area contributed by atoms with Gasteiger partial charge in [0.15, 0.2) is 6.61 Å². The Labute approximate surface area is 122 Å². The average Bonchev–Trinajstić information content (AvgIpc) is 2.47. The summed E-state index contributed by atoms with van der Waals surface area (Å²) in [4.78, 5) is 11.7. The van der Waals surface area contributed by atoms with E-state index in [9.17, 15) is 9.18 Å². The van der Waals surface area contributed by atoms with E-state index < -0.39 is 5.82 Å². The molecular formula is C16H17FN2O2. The molecule has 0 unspecified atom stereocenters. The lowest BCUT2D eigenvalue weighted by atomic mass is 10.2. The van der Waals surface area contributed by atoms with Crippen LogP contribution in [0.5, 0.6) is 5.75 Å². The summed E-state index contributed by atoms with van der Waals surface area (Å²) in [6.45, 7) is 0.655. The predicted octanol–water partition coefficient (Wildman–Crippen LogP) is 2.56. The number of rotatable bonds is 6. The van der Waals surface area contributed by atoms with Gasteiger partial charge in [-0.15, -0.1) is 0 Å². The highest BCUT2D eigenvalue weighted by Crippen LogP contribution is 2.13. The quantitative estimate of drug-likeness (QED) is 0.859. The van der Waals surface area contributed by atoms with E-state index in [2.05, 4.69) is 10.6 Å². The maximum atomic E-state index is 13.0. The molecule has 0 aliphatic rings. The molecule has 2 N–H and O–H groups in total. The van der Waals surface area contributed by atoms with E-state index in [1.165, 1.54) is 18.2 Å². The number of nitrogens with one attached hydrogen (secondary N) is 2. The van der Waals surface area contributed by atoms with E-state index in [0.29, 0.717) is 11.4 Å². The first-order valence-corrected chi connectivity index (χ1v) is 6.59. The first-order chi connectivity index (χ1) is 10.2. The number of halogens is 1. The van der Waals surface area contributed by atoms with Crippen molar-refractivity contribution in [2.45, 2.75) is 6.54 Å². The van der Waals surface area contributed by atoms with Gasteiger partial charge < -0.3 is 15.4 Å². The minimum atomic E-state index is -0.395. The number of amides is 1. The Kier molecular flexibility index (Phi) is 5.29. The van der Waals surface area contributed by atoms with Gasteiger partial charge in [-0.2, -0.15) is 0 Å². The van der Waals surface area contributed by atoms with Crippen LogP contribution in [0, 0.1) is 5.82 Å². The summed E-state index contributed by atoms with van der Waals surface area (Å²) >= 11 is 0. The summed E-state index contributed by atoms with van der Waals surface area (Å²) in [6.07, 6.45) is 0. The van der Waals surface area contributed by atoms with E-state index in [0.717, 1.165) is 12.1 Å². The molecule has 0 radical (unpaired) electrons. The molecule has 0 fully saturated rings. The highest BCUT2D eigenvalue weighted by Gasteiger charge is 2.04. The van der Waals surface area contributed by atoms with Gasteiger partial charge in [-0.25, -0.2) is 4.39 Å². The van der Waals surface area contributed by atoms with Gasteiger partial charge in [0.1, 0.15) is 11.6 Å². The summed E-state index contributed by atoms with van der Waals surface area (Å²) in [5.41, 5.74) is 1.54. The van der Waals surface area contributed by atoms with Crippen LogP contribution < -0.4 is 15.4 Å². The minimum Gasteiger partial charge on any atom is -0.484 e. The molecule has 0 saturated heterocycles. The van der Waals surface area contributed by atoms with Crippen LogP contribution in [-0.4, -0.2) is 19.6 Å². The standard InChI is InChI=1S/C16H17FN2O2/c1-18-10-12-5-7-15(8-6-12)21-11-16(20)19-14-4-2-3-13(17)9-14/h2-9,18H,10-11H2,1H3,(H,19,20). The van der Waals surface area contributed by atoms with Crippen molar-refractivity contribution in [3.8, 4) is 5.75 Å². The Bertz CT molecular complexity index is 599. The number of hydrogen-bond donors (Lipinski definition) is 2. The summed E-state index contributed by atoms with van der Waals surface area (Å²) < 4.78 is 18.4. The molecule has 0 aliphatic heterocycles. The van der Waals surface area contributed by atoms with Crippen LogP contribution in [0.2, 0.25) is 0 Å². The number of hydrogen-bond acceptors (Lipinski definition) is 3. The smallest absolute Gasteiger partial charge is 0.262 e. The molecule has 4 nitrogen and oxygen atoms in total. The third-order valence-electron chi connectivity index (χ3n) is 2.78. The van der Waals surface area contributed by atoms with Crippen molar-refractivity contribution in [2.24, 2.45) is 0 Å². The molecule has 0 heterocycles. The summed E-state index contributed by atoms with van der Waals surface area (Å²) in [5.74, 6) is -0.113. The topological polar surface area (TPSA) is 50.4 Å². The van der Waals surface area contributed by atoms with Gasteiger partial charge in [0.05, 0.1) is 0 Å². The van der Waals surface area contributed by atoms with Crippen LogP contribution in [0.1, 0.15) is 5.56 Å². The van der Waals surface area contributed by atoms with E-state index >= 15 is 0 Å². The van der Waals surface area contributed by atoms with Crippen LogP contribution in [-0.2, 0) is 11.3 Å². The molecule has 0 atom stereocenters. The van der Waals surface area contributed by atoms with Crippen LogP contribution >= 0.6 is 0 Å². The molecule has 1 amide bonds. The molecular weight excluding hydrogens is 271 g/mol. The Morgan fingerprint density at radius 2 is 1.95 bits per heavy atom. The number of carbonyl (C=O) groups excluding carboxylic acids is 1. The number of carbonyl (C=O) groups is 1. The lowest BCUT2D eigenvalue weighted by Crippen LogP contribution is -2.20. The normalized spacial score (nSPS) is 10.2. The zero-order valence-corrected chi connectivity index (χ0v) is 11.7. The second-order valence-electron chi connectivity index (χ2n) is 4.52. The lowest BCUT2D eigenvalue weighted by molar-refractivity contribution is -0.118. The van der Waals surface area contributed by atoms with Gasteiger partial charge in [-0.1, -0.05) is 18.2 Å². The fourth-order valence-corrected chi connectivity index (χ4v) is 1.82. The van der Waals surface area contributed by atoms with Crippen LogP contribution in [0.3, 0.4) is 0 Å². The number of anilines is 1. The van der Waals surface area contributed by atoms with Gasteiger partial charge in [-0.05, 0) is 42.9 Å². The van der Waals surface area contributed by atoms with Crippen molar-refractivity contribution in [2.75, 3.05) is 19.0 Å². The fourth-order valence-electron chi connectivity index (χ4n) is 1.82. The van der Waals surface area contributed by atoms with E-state index in [4.69, 9.17) is 4.74 Å². The molecule has 21 heavy (non-hydrogen) atoms. The summed E-state index contributed by atoms with van der Waals surface area (Å²) in [6, 6.07) is 13.2. The zero-order chi connectivity index (χ0) is 15.1. The second kappa shape index (κ2) is 7.40. The van der Waals surface area contributed by atoms with Crippen LogP contribution in [0.25, 0.3) is 0 Å². The Morgan fingerprint density at radius 3 is 2.62 bits per heavy atom. The molecule has 2 aromatic carbocycles. The molecule has 0 saturated carbocycles. The summed E-state index contributed by atoms with van der Waals surface area (Å²) in [7, 11) is 1.88. The van der Waals surface area contributed by atoms with Crippen molar-refractivity contribution in [3.63, 3.8) is 0 Å². The molecule has 0 aromatic heterocycles. The van der Waals surface area contributed by atoms with E-state index in [1.54, 1.807) is 6.07 Å². The van der Waals surface area contributed by atoms with Crippen molar-refractivity contribution < 1.29 is 13.9 Å².